The van der Waals surface area contributed by atoms with Crippen LogP contribution in [-0.2, 0) is 16.8 Å². The minimum atomic E-state index is -0.922. The van der Waals surface area contributed by atoms with E-state index in [1.54, 1.807) is 18.7 Å². The maximum atomic E-state index is 10.6. The fraction of sp³-hybridized carbons (Fsp3) is 0.364. The van der Waals surface area contributed by atoms with E-state index in [0.717, 1.165) is 24.1 Å². The number of carbonyl (C=O) groups is 1. The highest BCUT2D eigenvalue weighted by atomic mass is 16.4. The highest BCUT2D eigenvalue weighted by Crippen LogP contribution is 2.52. The molecule has 2 heterocycles. The van der Waals surface area contributed by atoms with Crippen molar-refractivity contribution >= 4 is 5.97 Å². The van der Waals surface area contributed by atoms with Gasteiger partial charge >= 0.3 is 5.97 Å². The zero-order valence-electron chi connectivity index (χ0n) is 9.04. The number of aromatic nitrogens is 3. The molecule has 0 atom stereocenters. The summed E-state index contributed by atoms with van der Waals surface area (Å²) in [6, 6.07) is 1.92. The molecule has 0 unspecified atom stereocenters. The first-order chi connectivity index (χ1) is 8.21. The third-order valence-corrected chi connectivity index (χ3v) is 3.15. The lowest BCUT2D eigenvalue weighted by atomic mass is 9.96. The molecule has 1 aliphatic rings. The van der Waals surface area contributed by atoms with Crippen LogP contribution in [0.2, 0.25) is 0 Å². The number of rotatable bonds is 4. The van der Waals surface area contributed by atoms with E-state index in [4.69, 9.17) is 9.52 Å². The van der Waals surface area contributed by atoms with Crippen molar-refractivity contribution in [3.8, 4) is 0 Å². The summed E-state index contributed by atoms with van der Waals surface area (Å²) in [4.78, 5) is 10.6. The lowest BCUT2D eigenvalue weighted by Gasteiger charge is -2.07. The first-order valence-electron chi connectivity index (χ1n) is 5.36. The van der Waals surface area contributed by atoms with Gasteiger partial charge in [-0.2, -0.15) is 0 Å². The predicted octanol–water partition coefficient (Wildman–Crippen LogP) is 1.04. The van der Waals surface area contributed by atoms with Gasteiger partial charge in [0.15, 0.2) is 0 Å². The van der Waals surface area contributed by atoms with Crippen molar-refractivity contribution in [1.82, 2.24) is 15.0 Å². The molecule has 0 saturated heterocycles. The summed E-state index contributed by atoms with van der Waals surface area (Å²) in [5.74, 6) is -0.922. The summed E-state index contributed by atoms with van der Waals surface area (Å²) >= 11 is 0. The average molecular weight is 233 g/mol. The molecule has 0 radical (unpaired) electrons. The molecule has 6 heteroatoms. The lowest BCUT2D eigenvalue weighted by molar-refractivity contribution is -0.137. The third kappa shape index (κ3) is 1.61. The zero-order chi connectivity index (χ0) is 11.9. The van der Waals surface area contributed by atoms with Crippen LogP contribution in [0.25, 0.3) is 0 Å². The largest absolute Gasteiger partial charge is 0.480 e. The Morgan fingerprint density at radius 3 is 3.00 bits per heavy atom. The molecule has 1 N–H and O–H groups in total. The molecular weight excluding hydrogens is 222 g/mol. The van der Waals surface area contributed by atoms with E-state index < -0.39 is 5.97 Å². The molecule has 88 valence electrons. The molecule has 0 aliphatic heterocycles. The van der Waals surface area contributed by atoms with E-state index in [9.17, 15) is 4.79 Å². The van der Waals surface area contributed by atoms with E-state index in [1.165, 1.54) is 4.68 Å². The van der Waals surface area contributed by atoms with Crippen molar-refractivity contribution in [2.45, 2.75) is 24.8 Å². The van der Waals surface area contributed by atoms with Gasteiger partial charge in [0.05, 0.1) is 24.4 Å². The topological polar surface area (TPSA) is 81.1 Å². The van der Waals surface area contributed by atoms with Gasteiger partial charge in [0.2, 0.25) is 0 Å². The predicted molar refractivity (Wildman–Crippen MR) is 56.4 cm³/mol. The van der Waals surface area contributed by atoms with Gasteiger partial charge in [-0.1, -0.05) is 5.21 Å². The van der Waals surface area contributed by atoms with Crippen molar-refractivity contribution in [3.05, 3.63) is 36.0 Å². The van der Waals surface area contributed by atoms with Crippen LogP contribution < -0.4 is 0 Å². The van der Waals surface area contributed by atoms with Gasteiger partial charge in [-0.05, 0) is 18.9 Å². The van der Waals surface area contributed by atoms with E-state index in [0.29, 0.717) is 0 Å². The number of hydrogen-bond acceptors (Lipinski definition) is 4. The summed E-state index contributed by atoms with van der Waals surface area (Å²) in [6.45, 7) is -0.158. The Labute approximate surface area is 96.9 Å². The molecule has 1 aliphatic carbocycles. The van der Waals surface area contributed by atoms with Gasteiger partial charge in [0.25, 0.3) is 0 Å². The van der Waals surface area contributed by atoms with Crippen LogP contribution in [0, 0.1) is 0 Å². The highest BCUT2D eigenvalue weighted by Gasteiger charge is 2.49. The molecule has 0 amide bonds. The van der Waals surface area contributed by atoms with E-state index in [1.807, 2.05) is 6.07 Å². The summed E-state index contributed by atoms with van der Waals surface area (Å²) in [7, 11) is 0. The van der Waals surface area contributed by atoms with E-state index in [-0.39, 0.29) is 12.0 Å². The SMILES string of the molecule is O=C(O)Cn1cc(C2(c3ccoc3)CC2)nn1. The standard InChI is InChI=1S/C11H11N3O3/c15-10(16)6-14-5-9(12-13-14)11(2-3-11)8-1-4-17-7-8/h1,4-5,7H,2-3,6H2,(H,15,16). The molecular formula is C11H11N3O3. The van der Waals surface area contributed by atoms with Gasteiger partial charge in [-0.15, -0.1) is 5.10 Å². The van der Waals surface area contributed by atoms with Crippen molar-refractivity contribution < 1.29 is 14.3 Å². The van der Waals surface area contributed by atoms with Crippen molar-refractivity contribution in [1.29, 1.82) is 0 Å². The molecule has 0 spiro atoms. The van der Waals surface area contributed by atoms with Crippen LogP contribution in [0.15, 0.2) is 29.2 Å². The summed E-state index contributed by atoms with van der Waals surface area (Å²) in [5.41, 5.74) is 1.80. The van der Waals surface area contributed by atoms with Crippen LogP contribution in [0.5, 0.6) is 0 Å². The maximum absolute atomic E-state index is 10.6. The molecule has 3 rings (SSSR count). The van der Waals surface area contributed by atoms with Crippen molar-refractivity contribution in [2.75, 3.05) is 0 Å². The Morgan fingerprint density at radius 2 is 2.41 bits per heavy atom. The van der Waals surface area contributed by atoms with Gasteiger partial charge in [-0.3, -0.25) is 4.79 Å². The number of aliphatic carboxylic acids is 1. The Morgan fingerprint density at radius 1 is 1.59 bits per heavy atom. The molecule has 1 fully saturated rings. The van der Waals surface area contributed by atoms with Crippen LogP contribution in [0.4, 0.5) is 0 Å². The third-order valence-electron chi connectivity index (χ3n) is 3.15. The van der Waals surface area contributed by atoms with E-state index in [2.05, 4.69) is 10.3 Å². The minimum absolute atomic E-state index is 0.107. The lowest BCUT2D eigenvalue weighted by Crippen LogP contribution is -2.09. The second-order valence-corrected chi connectivity index (χ2v) is 4.29. The highest BCUT2D eigenvalue weighted by molar-refractivity contribution is 5.66. The van der Waals surface area contributed by atoms with E-state index >= 15 is 0 Å². The number of hydrogen-bond donors (Lipinski definition) is 1. The minimum Gasteiger partial charge on any atom is -0.480 e. The van der Waals surface area contributed by atoms with Crippen LogP contribution in [0.3, 0.4) is 0 Å². The summed E-state index contributed by atoms with van der Waals surface area (Å²) in [5, 5.41) is 16.6. The Kier molecular flexibility index (Phi) is 2.04. The Bertz CT molecular complexity index is 540. The number of furan rings is 1. The molecule has 2 aromatic rings. The molecule has 1 saturated carbocycles. The number of carboxylic acids is 1. The Balaban J connectivity index is 1.90. The second-order valence-electron chi connectivity index (χ2n) is 4.29. The smallest absolute Gasteiger partial charge is 0.325 e. The van der Waals surface area contributed by atoms with Crippen LogP contribution in [-0.4, -0.2) is 26.1 Å². The van der Waals surface area contributed by atoms with Crippen LogP contribution >= 0.6 is 0 Å². The summed E-state index contributed by atoms with van der Waals surface area (Å²) in [6.07, 6.45) is 7.05. The molecule has 0 aromatic carbocycles. The van der Waals surface area contributed by atoms with Crippen molar-refractivity contribution in [3.63, 3.8) is 0 Å². The zero-order valence-corrected chi connectivity index (χ0v) is 9.04. The maximum Gasteiger partial charge on any atom is 0.325 e. The molecule has 6 nitrogen and oxygen atoms in total. The van der Waals surface area contributed by atoms with Crippen LogP contribution in [0.1, 0.15) is 24.1 Å². The first-order valence-corrected chi connectivity index (χ1v) is 5.36. The summed E-state index contributed by atoms with van der Waals surface area (Å²) < 4.78 is 6.43. The van der Waals surface area contributed by atoms with Gasteiger partial charge in [0.1, 0.15) is 6.54 Å². The van der Waals surface area contributed by atoms with Gasteiger partial charge in [0, 0.05) is 11.0 Å². The number of nitrogens with zero attached hydrogens (tertiary/aromatic N) is 3. The fourth-order valence-corrected chi connectivity index (χ4v) is 2.09. The normalized spacial score (nSPS) is 16.9. The molecule has 17 heavy (non-hydrogen) atoms. The van der Waals surface area contributed by atoms with Gasteiger partial charge in [-0.25, -0.2) is 4.68 Å². The quantitative estimate of drug-likeness (QED) is 0.853. The second kappa shape index (κ2) is 3.44. The van der Waals surface area contributed by atoms with Crippen molar-refractivity contribution in [2.24, 2.45) is 0 Å². The first kappa shape index (κ1) is 10.1. The molecule has 2 aromatic heterocycles. The number of carboxylic acid groups (broad SMARTS) is 1. The average Bonchev–Trinajstić information content (AvgIpc) is 2.77. The monoisotopic (exact) mass is 233 g/mol. The van der Waals surface area contributed by atoms with Gasteiger partial charge < -0.3 is 9.52 Å². The Hall–Kier alpha value is -2.11. The fourth-order valence-electron chi connectivity index (χ4n) is 2.09. The molecule has 0 bridgehead atoms.